The zero-order chi connectivity index (χ0) is 17.9. The van der Waals surface area contributed by atoms with Crippen molar-refractivity contribution in [1.29, 1.82) is 0 Å². The Morgan fingerprint density at radius 1 is 0.182 bits per heavy atom. The van der Waals surface area contributed by atoms with Crippen LogP contribution in [0, 0.1) is 0 Å². The van der Waals surface area contributed by atoms with Crippen LogP contribution in [-0.4, -0.2) is 64.0 Å². The van der Waals surface area contributed by atoms with E-state index < -0.39 is 36.6 Å². The third-order valence-corrected chi connectivity index (χ3v) is 0. The molecule has 0 unspecified atom stereocenters. The molecular weight excluding hydrogens is 558 g/mol. The van der Waals surface area contributed by atoms with Crippen LogP contribution in [0.4, 0.5) is 0 Å². The minimum absolute atomic E-state index is 0. The van der Waals surface area contributed by atoms with Gasteiger partial charge in [-0.15, -0.1) is 0 Å². The Morgan fingerprint density at radius 3 is 0.182 bits per heavy atom. The van der Waals surface area contributed by atoms with Gasteiger partial charge in [-0.25, -0.2) is 0 Å². The molecule has 0 radical (unpaired) electrons. The molecule has 0 atom stereocenters. The van der Waals surface area contributed by atoms with Gasteiger partial charge in [0.2, 0.25) is 0 Å². The second-order valence-electron chi connectivity index (χ2n) is 1.44. The summed E-state index contributed by atoms with van der Waals surface area (Å²) in [4.78, 5) is 0. The smallest absolute Gasteiger partial charge is 0.907 e. The van der Waals surface area contributed by atoms with Gasteiger partial charge in [0.05, 0.1) is 0 Å². The summed E-state index contributed by atoms with van der Waals surface area (Å²) in [6.07, 6.45) is 0. The van der Waals surface area contributed by atoms with Gasteiger partial charge >= 0.3 is 236 Å². The zero-order valence-corrected chi connectivity index (χ0v) is 35.5. The van der Waals surface area contributed by atoms with E-state index >= 15 is 0 Å². The van der Waals surface area contributed by atoms with Crippen molar-refractivity contribution < 1.29 is 339 Å². The second kappa shape index (κ2) is 116. The van der Waals surface area contributed by atoms with Crippen molar-refractivity contribution in [1.82, 2.24) is 0 Å². The van der Waals surface area contributed by atoms with E-state index in [9.17, 15) is 0 Å². The molecule has 0 bridgehead atoms. The van der Waals surface area contributed by atoms with Crippen molar-refractivity contribution in [2.75, 3.05) is 0 Å². The molecule has 0 fully saturated rings. The molecule has 0 aliphatic carbocycles. The summed E-state index contributed by atoms with van der Waals surface area (Å²) < 4.78 is 0. The summed E-state index contributed by atoms with van der Waals surface area (Å²) in [6.45, 7) is 0. The largest absolute Gasteiger partial charge is 1.00 e. The van der Waals surface area contributed by atoms with Gasteiger partial charge in [-0.3, -0.25) is 36.6 Å². The Bertz CT molecular complexity index is 103. The summed E-state index contributed by atoms with van der Waals surface area (Å²) >= 11 is 0. The molecular formula is H10B5Na8O20-7. The fourth-order valence-corrected chi connectivity index (χ4v) is 0. The molecule has 0 aromatic rings. The van der Waals surface area contributed by atoms with Gasteiger partial charge in [-0.1, -0.05) is 0 Å². The maximum atomic E-state index is 8.42. The molecule has 0 aliphatic heterocycles. The van der Waals surface area contributed by atoms with Gasteiger partial charge in [-0.2, -0.15) is 0 Å². The van der Waals surface area contributed by atoms with Crippen LogP contribution in [-0.2, 0) is 0 Å². The van der Waals surface area contributed by atoms with Crippen molar-refractivity contribution in [3.63, 3.8) is 0 Å². The third-order valence-electron chi connectivity index (χ3n) is 0. The van der Waals surface area contributed by atoms with Gasteiger partial charge in [0.15, 0.2) is 0 Å². The average molecular weight is 568 g/mol. The zero-order valence-electron chi connectivity index (χ0n) is 19.5. The molecule has 33 heavy (non-hydrogen) atoms. The maximum Gasteiger partial charge on any atom is 1.00 e. The summed E-state index contributed by atoms with van der Waals surface area (Å²) in [5.41, 5.74) is 0. The van der Waals surface area contributed by atoms with Gasteiger partial charge in [0, 0.05) is 0 Å². The summed E-state index contributed by atoms with van der Waals surface area (Å²) in [6, 6.07) is 0. The first-order chi connectivity index (χ1) is 8.66. The summed E-state index contributed by atoms with van der Waals surface area (Å²) in [7, 11) is -14.6. The minimum atomic E-state index is -2.92. The van der Waals surface area contributed by atoms with E-state index in [1.165, 1.54) is 0 Å². The molecule has 0 amide bonds. The van der Waals surface area contributed by atoms with Crippen LogP contribution in [0.2, 0.25) is 0 Å². The number of hydrogen-bond donors (Lipinski definition) is 0. The van der Waals surface area contributed by atoms with E-state index in [2.05, 4.69) is 0 Å². The van der Waals surface area contributed by atoms with Crippen molar-refractivity contribution >= 4 is 36.6 Å². The first kappa shape index (κ1) is 125. The summed E-state index contributed by atoms with van der Waals surface area (Å²) in [5, 5.41) is 126. The normalized spacial score (nSPS) is 4.09. The molecule has 0 aromatic heterocycles. The van der Waals surface area contributed by atoms with E-state index in [4.69, 9.17) is 75.4 Å². The standard InChI is InChI=1S/5BO3.8Na.5H2O/c5*2-1(3)4;;;;;;;;;;;;;/h;;;;;;;;;;;;;5*1H2/q5*-3;8*+1;;;;;. The van der Waals surface area contributed by atoms with Crippen LogP contribution >= 0.6 is 0 Å². The SMILES string of the molecule is O.O.O.O.O.[Na+].[Na+].[Na+].[Na+].[Na+].[Na+].[Na+].[Na+].[O-]B([O-])[O-].[O-]B([O-])[O-].[O-]B([O-])[O-].[O-]B([O-])[O-].[O-]B([O-])[O-]. The third kappa shape index (κ3) is 983. The molecule has 0 saturated heterocycles. The van der Waals surface area contributed by atoms with Crippen molar-refractivity contribution in [3.8, 4) is 0 Å². The van der Waals surface area contributed by atoms with Crippen LogP contribution in [0.3, 0.4) is 0 Å². The van der Waals surface area contributed by atoms with Crippen LogP contribution in [0.5, 0.6) is 0 Å². The van der Waals surface area contributed by atoms with Crippen LogP contribution < -0.4 is 312 Å². The van der Waals surface area contributed by atoms with E-state index in [1.54, 1.807) is 0 Å². The fourth-order valence-electron chi connectivity index (χ4n) is 0. The van der Waals surface area contributed by atoms with Gasteiger partial charge in [-0.05, 0) is 0 Å². The van der Waals surface area contributed by atoms with E-state index in [0.29, 0.717) is 0 Å². The Morgan fingerprint density at radius 2 is 0.182 bits per heavy atom. The monoisotopic (exact) mass is 569 g/mol. The van der Waals surface area contributed by atoms with Gasteiger partial charge in [0.1, 0.15) is 0 Å². The molecule has 0 saturated carbocycles. The first-order valence-electron chi connectivity index (χ1n) is 3.54. The van der Waals surface area contributed by atoms with Crippen molar-refractivity contribution in [2.24, 2.45) is 0 Å². The van der Waals surface area contributed by atoms with Crippen LogP contribution in [0.1, 0.15) is 0 Å². The molecule has 0 aromatic carbocycles. The fraction of sp³-hybridized carbons (Fsp3) is 0. The quantitative estimate of drug-likeness (QED) is 0.245. The van der Waals surface area contributed by atoms with E-state index in [0.717, 1.165) is 0 Å². The van der Waals surface area contributed by atoms with E-state index in [-0.39, 0.29) is 264 Å². The maximum absolute atomic E-state index is 8.42. The van der Waals surface area contributed by atoms with E-state index in [1.807, 2.05) is 0 Å². The molecule has 10 N–H and O–H groups in total. The predicted molar refractivity (Wildman–Crippen MR) is 46.8 cm³/mol. The first-order valence-corrected chi connectivity index (χ1v) is 3.54. The Kier molecular flexibility index (Phi) is 437. The van der Waals surface area contributed by atoms with Crippen LogP contribution in [0.25, 0.3) is 0 Å². The average Bonchev–Trinajstić information content (AvgIpc) is 1.94. The molecule has 20 nitrogen and oxygen atoms in total. The Balaban J connectivity index is -0.00000000485. The van der Waals surface area contributed by atoms with Crippen LogP contribution in [0.15, 0.2) is 0 Å². The predicted octanol–water partition coefficient (Wildman–Crippen LogP) is -47.8. The Hall–Kier alpha value is 7.52. The van der Waals surface area contributed by atoms with Gasteiger partial charge in [0.25, 0.3) is 0 Å². The molecule has 0 rings (SSSR count). The number of hydrogen-bond acceptors (Lipinski definition) is 15. The molecule has 160 valence electrons. The molecule has 0 aliphatic rings. The molecule has 0 spiro atoms. The van der Waals surface area contributed by atoms with Gasteiger partial charge < -0.3 is 103 Å². The second-order valence-corrected chi connectivity index (χ2v) is 1.44. The van der Waals surface area contributed by atoms with Crippen molar-refractivity contribution in [3.05, 3.63) is 0 Å². The summed E-state index contributed by atoms with van der Waals surface area (Å²) in [5.74, 6) is 0. The number of rotatable bonds is 0. The molecule has 33 heteroatoms. The minimum Gasteiger partial charge on any atom is -0.907 e. The Labute approximate surface area is 368 Å². The molecule has 0 heterocycles. The topological polar surface area (TPSA) is 503 Å². The van der Waals surface area contributed by atoms with Crippen molar-refractivity contribution in [2.45, 2.75) is 0 Å².